The van der Waals surface area contributed by atoms with Gasteiger partial charge in [-0.1, -0.05) is 48.5 Å². The van der Waals surface area contributed by atoms with E-state index in [2.05, 4.69) is 54.6 Å². The zero-order chi connectivity index (χ0) is 11.9. The van der Waals surface area contributed by atoms with Crippen LogP contribution in [-0.2, 0) is 12.8 Å². The lowest BCUT2D eigenvalue weighted by Gasteiger charge is -2.23. The molecular weight excluding hydrogens is 218 g/mol. The van der Waals surface area contributed by atoms with Gasteiger partial charge in [0.05, 0.1) is 5.52 Å². The molecule has 0 fully saturated rings. The molecule has 1 heteroatoms. The molecule has 1 heterocycles. The minimum absolute atomic E-state index is 1.12. The fourth-order valence-electron chi connectivity index (χ4n) is 2.78. The Balaban J connectivity index is 2.13. The summed E-state index contributed by atoms with van der Waals surface area (Å²) in [5.41, 5.74) is 6.55. The van der Waals surface area contributed by atoms with E-state index in [0.717, 1.165) is 18.4 Å². The number of para-hydroxylation sites is 1. The number of aryl methyl sites for hydroxylation is 1. The van der Waals surface area contributed by atoms with Crippen LogP contribution in [0.5, 0.6) is 0 Å². The van der Waals surface area contributed by atoms with Crippen LogP contribution < -0.4 is 0 Å². The molecule has 0 unspecified atom stereocenters. The molecule has 2 aromatic carbocycles. The SMILES string of the molecule is c1ccc(-c2c3c(nc4ccccc24)CC3)cc1. The number of hydrogen-bond donors (Lipinski definition) is 0. The van der Waals surface area contributed by atoms with Crippen LogP contribution >= 0.6 is 0 Å². The minimum Gasteiger partial charge on any atom is -0.252 e. The van der Waals surface area contributed by atoms with E-state index in [4.69, 9.17) is 4.98 Å². The molecule has 0 atom stereocenters. The van der Waals surface area contributed by atoms with Gasteiger partial charge >= 0.3 is 0 Å². The maximum absolute atomic E-state index is 4.75. The molecule has 0 spiro atoms. The average molecular weight is 231 g/mol. The Labute approximate surface area is 106 Å². The average Bonchev–Trinajstić information content (AvgIpc) is 2.41. The van der Waals surface area contributed by atoms with Crippen molar-refractivity contribution >= 4 is 10.9 Å². The van der Waals surface area contributed by atoms with Gasteiger partial charge in [-0.2, -0.15) is 0 Å². The summed E-state index contributed by atoms with van der Waals surface area (Å²) in [7, 11) is 0. The Hall–Kier alpha value is -2.15. The number of fused-ring (bicyclic) bond motifs is 2. The third-order valence-corrected chi connectivity index (χ3v) is 3.75. The maximum atomic E-state index is 4.75. The van der Waals surface area contributed by atoms with Crippen molar-refractivity contribution in [2.75, 3.05) is 0 Å². The molecule has 0 N–H and O–H groups in total. The topological polar surface area (TPSA) is 12.9 Å². The van der Waals surface area contributed by atoms with E-state index < -0.39 is 0 Å². The van der Waals surface area contributed by atoms with E-state index in [1.54, 1.807) is 0 Å². The van der Waals surface area contributed by atoms with Crippen LogP contribution in [-0.4, -0.2) is 4.98 Å². The molecule has 1 nitrogen and oxygen atoms in total. The van der Waals surface area contributed by atoms with Crippen molar-refractivity contribution in [3.8, 4) is 11.1 Å². The van der Waals surface area contributed by atoms with E-state index in [1.165, 1.54) is 27.8 Å². The second-order valence-corrected chi connectivity index (χ2v) is 4.80. The Morgan fingerprint density at radius 1 is 0.778 bits per heavy atom. The van der Waals surface area contributed by atoms with Crippen LogP contribution in [0.15, 0.2) is 54.6 Å². The van der Waals surface area contributed by atoms with Gasteiger partial charge in [0.15, 0.2) is 0 Å². The Morgan fingerprint density at radius 3 is 2.33 bits per heavy atom. The van der Waals surface area contributed by atoms with Crippen molar-refractivity contribution in [1.29, 1.82) is 0 Å². The lowest BCUT2D eigenvalue weighted by atomic mass is 9.84. The largest absolute Gasteiger partial charge is 0.252 e. The molecular formula is C17H13N. The summed E-state index contributed by atoms with van der Waals surface area (Å²) < 4.78 is 0. The summed E-state index contributed by atoms with van der Waals surface area (Å²) >= 11 is 0. The third kappa shape index (κ3) is 1.31. The van der Waals surface area contributed by atoms with Crippen LogP contribution in [0.2, 0.25) is 0 Å². The third-order valence-electron chi connectivity index (χ3n) is 3.75. The highest BCUT2D eigenvalue weighted by atomic mass is 14.7. The van der Waals surface area contributed by atoms with Gasteiger partial charge in [-0.15, -0.1) is 0 Å². The van der Waals surface area contributed by atoms with Crippen LogP contribution in [0.1, 0.15) is 11.3 Å². The van der Waals surface area contributed by atoms with Gasteiger partial charge < -0.3 is 0 Å². The van der Waals surface area contributed by atoms with E-state index in [0.29, 0.717) is 0 Å². The lowest BCUT2D eigenvalue weighted by molar-refractivity contribution is 0.802. The van der Waals surface area contributed by atoms with E-state index >= 15 is 0 Å². The van der Waals surface area contributed by atoms with Crippen molar-refractivity contribution in [2.24, 2.45) is 0 Å². The first-order valence-corrected chi connectivity index (χ1v) is 6.39. The first kappa shape index (κ1) is 9.84. The number of rotatable bonds is 1. The summed E-state index contributed by atoms with van der Waals surface area (Å²) in [6, 6.07) is 19.1. The molecule has 0 saturated heterocycles. The Morgan fingerprint density at radius 2 is 1.56 bits per heavy atom. The molecule has 0 saturated carbocycles. The van der Waals surface area contributed by atoms with E-state index in [1.807, 2.05) is 0 Å². The normalized spacial score (nSPS) is 13.1. The number of nitrogens with zero attached hydrogens (tertiary/aromatic N) is 1. The van der Waals surface area contributed by atoms with Gasteiger partial charge in [-0.05, 0) is 35.6 Å². The predicted molar refractivity (Wildman–Crippen MR) is 74.6 cm³/mol. The van der Waals surface area contributed by atoms with E-state index in [9.17, 15) is 0 Å². The molecule has 0 radical (unpaired) electrons. The monoisotopic (exact) mass is 231 g/mol. The molecule has 1 aromatic heterocycles. The second kappa shape index (κ2) is 3.67. The molecule has 0 amide bonds. The molecule has 1 aliphatic rings. The number of pyridine rings is 1. The van der Waals surface area contributed by atoms with Crippen molar-refractivity contribution < 1.29 is 0 Å². The number of hydrogen-bond acceptors (Lipinski definition) is 1. The molecule has 86 valence electrons. The quantitative estimate of drug-likeness (QED) is 0.617. The first-order valence-electron chi connectivity index (χ1n) is 6.39. The van der Waals surface area contributed by atoms with Gasteiger partial charge in [-0.25, -0.2) is 0 Å². The smallest absolute Gasteiger partial charge is 0.0711 e. The van der Waals surface area contributed by atoms with Gasteiger partial charge in [0.1, 0.15) is 0 Å². The van der Waals surface area contributed by atoms with Gasteiger partial charge in [-0.3, -0.25) is 4.98 Å². The highest BCUT2D eigenvalue weighted by Crippen LogP contribution is 2.37. The maximum Gasteiger partial charge on any atom is 0.0711 e. The zero-order valence-corrected chi connectivity index (χ0v) is 10.1. The molecule has 18 heavy (non-hydrogen) atoms. The van der Waals surface area contributed by atoms with E-state index in [-0.39, 0.29) is 0 Å². The second-order valence-electron chi connectivity index (χ2n) is 4.80. The molecule has 0 bridgehead atoms. The number of benzene rings is 2. The predicted octanol–water partition coefficient (Wildman–Crippen LogP) is 4.00. The molecule has 0 aliphatic heterocycles. The van der Waals surface area contributed by atoms with Crippen LogP contribution in [0.3, 0.4) is 0 Å². The Kier molecular flexibility index (Phi) is 2.01. The summed E-state index contributed by atoms with van der Waals surface area (Å²) in [4.78, 5) is 4.75. The van der Waals surface area contributed by atoms with Crippen molar-refractivity contribution in [3.05, 3.63) is 65.9 Å². The van der Waals surface area contributed by atoms with Gasteiger partial charge in [0, 0.05) is 11.1 Å². The molecule has 1 aliphatic carbocycles. The van der Waals surface area contributed by atoms with Crippen molar-refractivity contribution in [2.45, 2.75) is 12.8 Å². The minimum atomic E-state index is 1.12. The van der Waals surface area contributed by atoms with Crippen LogP contribution in [0.25, 0.3) is 22.0 Å². The summed E-state index contributed by atoms with van der Waals surface area (Å²) in [5, 5.41) is 1.28. The fourth-order valence-corrected chi connectivity index (χ4v) is 2.78. The molecule has 3 aromatic rings. The first-order chi connectivity index (χ1) is 8.93. The fraction of sp³-hybridized carbons (Fsp3) is 0.118. The van der Waals surface area contributed by atoms with Gasteiger partial charge in [0.2, 0.25) is 0 Å². The van der Waals surface area contributed by atoms with Crippen LogP contribution in [0.4, 0.5) is 0 Å². The number of aromatic nitrogens is 1. The van der Waals surface area contributed by atoms with Crippen molar-refractivity contribution in [3.63, 3.8) is 0 Å². The highest BCUT2D eigenvalue weighted by molar-refractivity contribution is 5.97. The molecule has 4 rings (SSSR count). The lowest BCUT2D eigenvalue weighted by Crippen LogP contribution is -2.13. The summed E-state index contributed by atoms with van der Waals surface area (Å²) in [6.45, 7) is 0. The standard InChI is InChI=1S/C17H13N/c1-2-6-12(7-3-1)17-13-8-4-5-9-15(13)18-16-11-10-14(16)17/h1-9H,10-11H2. The van der Waals surface area contributed by atoms with Gasteiger partial charge in [0.25, 0.3) is 0 Å². The zero-order valence-electron chi connectivity index (χ0n) is 10.1. The summed E-state index contributed by atoms with van der Waals surface area (Å²) in [6.07, 6.45) is 2.29. The Bertz CT molecular complexity index is 729. The van der Waals surface area contributed by atoms with Crippen molar-refractivity contribution in [1.82, 2.24) is 4.98 Å². The highest BCUT2D eigenvalue weighted by Gasteiger charge is 2.22. The summed E-state index contributed by atoms with van der Waals surface area (Å²) in [5.74, 6) is 0. The van der Waals surface area contributed by atoms with Crippen LogP contribution in [0, 0.1) is 0 Å².